The van der Waals surface area contributed by atoms with Crippen LogP contribution >= 0.6 is 0 Å². The third-order valence-corrected chi connectivity index (χ3v) is 5.95. The van der Waals surface area contributed by atoms with E-state index in [4.69, 9.17) is 4.98 Å². The number of pyridine rings is 4. The number of fused-ring (bicyclic) bond motifs is 6. The van der Waals surface area contributed by atoms with Gasteiger partial charge in [0.05, 0.1) is 28.1 Å². The third kappa shape index (κ3) is 2.30. The number of hydrogen-bond donors (Lipinski definition) is 1. The number of nitrogens with zero attached hydrogens (tertiary/aromatic N) is 6. The van der Waals surface area contributed by atoms with Crippen molar-refractivity contribution in [3.05, 3.63) is 103 Å². The monoisotopic (exact) mass is 415 g/mol. The van der Waals surface area contributed by atoms with Crippen LogP contribution in [-0.2, 0) is 0 Å². The Bertz CT molecular complexity index is 1550. The highest BCUT2D eigenvalue weighted by Crippen LogP contribution is 2.47. The maximum atomic E-state index is 5.17. The van der Waals surface area contributed by atoms with E-state index in [0.29, 0.717) is 0 Å². The molecule has 2 aliphatic heterocycles. The van der Waals surface area contributed by atoms with Crippen molar-refractivity contribution in [2.45, 2.75) is 6.04 Å². The van der Waals surface area contributed by atoms with Gasteiger partial charge in [-0.15, -0.1) is 0 Å². The SMILES string of the molecule is C1=CNC2C(=C1)N(c1ccccn1)c1cc3c(nc12)c1ncccc1n3-c1ccccn1. The fourth-order valence-corrected chi connectivity index (χ4v) is 4.65. The lowest BCUT2D eigenvalue weighted by atomic mass is 10.1. The van der Waals surface area contributed by atoms with Crippen LogP contribution in [0.3, 0.4) is 0 Å². The van der Waals surface area contributed by atoms with Crippen LogP contribution in [0, 0.1) is 0 Å². The average molecular weight is 415 g/mol. The van der Waals surface area contributed by atoms with Crippen LogP contribution in [0.2, 0.25) is 0 Å². The van der Waals surface area contributed by atoms with Crippen LogP contribution in [0.25, 0.3) is 27.9 Å². The van der Waals surface area contributed by atoms with Crippen LogP contribution in [0.4, 0.5) is 11.5 Å². The Morgan fingerprint density at radius 3 is 2.41 bits per heavy atom. The number of nitrogens with one attached hydrogen (secondary N) is 1. The van der Waals surface area contributed by atoms with E-state index in [9.17, 15) is 0 Å². The molecule has 5 aromatic rings. The molecule has 0 amide bonds. The van der Waals surface area contributed by atoms with Crippen molar-refractivity contribution in [1.82, 2.24) is 29.8 Å². The maximum absolute atomic E-state index is 5.17. The van der Waals surface area contributed by atoms with E-state index >= 15 is 0 Å². The molecular weight excluding hydrogens is 398 g/mol. The van der Waals surface area contributed by atoms with E-state index in [1.54, 1.807) is 6.20 Å². The van der Waals surface area contributed by atoms with Crippen molar-refractivity contribution in [2.75, 3.05) is 4.90 Å². The zero-order valence-electron chi connectivity index (χ0n) is 16.9. The van der Waals surface area contributed by atoms with Crippen molar-refractivity contribution in [3.8, 4) is 5.82 Å². The fraction of sp³-hybridized carbons (Fsp3) is 0.0400. The molecule has 32 heavy (non-hydrogen) atoms. The van der Waals surface area contributed by atoms with Gasteiger partial charge in [-0.1, -0.05) is 12.1 Å². The van der Waals surface area contributed by atoms with E-state index in [0.717, 1.165) is 50.8 Å². The van der Waals surface area contributed by atoms with Crippen molar-refractivity contribution in [2.24, 2.45) is 0 Å². The molecule has 1 unspecified atom stereocenters. The van der Waals surface area contributed by atoms with Gasteiger partial charge in [0.15, 0.2) is 0 Å². The van der Waals surface area contributed by atoms with Gasteiger partial charge >= 0.3 is 0 Å². The van der Waals surface area contributed by atoms with E-state index in [-0.39, 0.29) is 6.04 Å². The summed E-state index contributed by atoms with van der Waals surface area (Å²) in [5, 5.41) is 3.47. The molecule has 0 aliphatic carbocycles. The lowest BCUT2D eigenvalue weighted by Gasteiger charge is -2.23. The van der Waals surface area contributed by atoms with Crippen molar-refractivity contribution in [1.29, 1.82) is 0 Å². The molecule has 7 heteroatoms. The van der Waals surface area contributed by atoms with Crippen molar-refractivity contribution in [3.63, 3.8) is 0 Å². The molecule has 0 fully saturated rings. The average Bonchev–Trinajstić information content (AvgIpc) is 3.36. The summed E-state index contributed by atoms with van der Waals surface area (Å²) in [4.78, 5) is 21.3. The van der Waals surface area contributed by atoms with Crippen LogP contribution in [0.15, 0.2) is 97.2 Å². The van der Waals surface area contributed by atoms with Gasteiger partial charge in [0.2, 0.25) is 0 Å². The minimum absolute atomic E-state index is 0.0432. The first-order valence-electron chi connectivity index (χ1n) is 10.5. The molecule has 7 nitrogen and oxygen atoms in total. The molecule has 0 saturated heterocycles. The van der Waals surface area contributed by atoms with Gasteiger partial charge in [-0.2, -0.15) is 0 Å². The maximum Gasteiger partial charge on any atom is 0.137 e. The fourth-order valence-electron chi connectivity index (χ4n) is 4.65. The number of hydrogen-bond acceptors (Lipinski definition) is 6. The molecule has 0 spiro atoms. The predicted molar refractivity (Wildman–Crippen MR) is 124 cm³/mol. The highest BCUT2D eigenvalue weighted by atomic mass is 15.3. The van der Waals surface area contributed by atoms with E-state index in [1.807, 2.05) is 67.1 Å². The van der Waals surface area contributed by atoms with Crippen LogP contribution in [0.1, 0.15) is 11.7 Å². The summed E-state index contributed by atoms with van der Waals surface area (Å²) in [5.41, 5.74) is 6.74. The molecule has 7 heterocycles. The second kappa shape index (κ2) is 6.49. The topological polar surface area (TPSA) is 71.8 Å². The van der Waals surface area contributed by atoms with E-state index in [2.05, 4.69) is 47.9 Å². The van der Waals surface area contributed by atoms with Crippen LogP contribution in [-0.4, -0.2) is 24.5 Å². The van der Waals surface area contributed by atoms with E-state index in [1.165, 1.54) is 0 Å². The molecule has 0 bridgehead atoms. The quantitative estimate of drug-likeness (QED) is 0.456. The first kappa shape index (κ1) is 17.2. The zero-order chi connectivity index (χ0) is 21.1. The standard InChI is InChI=1S/C25H17N7/c1-3-11-26-20(9-1)31-16-7-5-13-28-22(16)24-18(31)15-19-25(30-24)23-17(8-6-14-29-23)32(19)21-10-2-4-12-27-21/h1-15,22,28H. The smallest absolute Gasteiger partial charge is 0.137 e. The first-order chi connectivity index (χ1) is 15.9. The largest absolute Gasteiger partial charge is 0.377 e. The number of allylic oxidation sites excluding steroid dienone is 2. The Kier molecular flexibility index (Phi) is 3.48. The highest BCUT2D eigenvalue weighted by Gasteiger charge is 2.38. The molecule has 0 saturated carbocycles. The Labute approximate surface area is 183 Å². The Balaban J connectivity index is 1.58. The van der Waals surface area contributed by atoms with Gasteiger partial charge in [-0.25, -0.2) is 15.0 Å². The van der Waals surface area contributed by atoms with Gasteiger partial charge in [-0.05, 0) is 60.8 Å². The number of rotatable bonds is 2. The van der Waals surface area contributed by atoms with Crippen molar-refractivity contribution < 1.29 is 0 Å². The molecule has 2 aliphatic rings. The molecule has 1 N–H and O–H groups in total. The number of dihydropyridines is 1. The zero-order valence-corrected chi connectivity index (χ0v) is 16.9. The highest BCUT2D eigenvalue weighted by molar-refractivity contribution is 6.06. The molecule has 5 aromatic heterocycles. The van der Waals surface area contributed by atoms with Gasteiger partial charge in [0.25, 0.3) is 0 Å². The summed E-state index contributed by atoms with van der Waals surface area (Å²) >= 11 is 0. The van der Waals surface area contributed by atoms with Crippen LogP contribution in [0.5, 0.6) is 0 Å². The molecular formula is C25H17N7. The molecule has 0 radical (unpaired) electrons. The second-order valence-corrected chi connectivity index (χ2v) is 7.73. The predicted octanol–water partition coefficient (Wildman–Crippen LogP) is 4.56. The summed E-state index contributed by atoms with van der Waals surface area (Å²) < 4.78 is 2.13. The summed E-state index contributed by atoms with van der Waals surface area (Å²) in [7, 11) is 0. The Morgan fingerprint density at radius 1 is 0.781 bits per heavy atom. The molecule has 1 atom stereocenters. The van der Waals surface area contributed by atoms with Crippen molar-refractivity contribution >= 4 is 33.6 Å². The molecule has 7 rings (SSSR count). The second-order valence-electron chi connectivity index (χ2n) is 7.73. The Hall–Kier alpha value is -4.52. The third-order valence-electron chi connectivity index (χ3n) is 5.95. The van der Waals surface area contributed by atoms with Crippen LogP contribution < -0.4 is 10.2 Å². The van der Waals surface area contributed by atoms with Gasteiger partial charge in [0, 0.05) is 18.6 Å². The summed E-state index contributed by atoms with van der Waals surface area (Å²) in [5.74, 6) is 1.69. The molecule has 152 valence electrons. The lowest BCUT2D eigenvalue weighted by Crippen LogP contribution is -2.23. The summed E-state index contributed by atoms with van der Waals surface area (Å²) in [6.07, 6.45) is 11.5. The molecule has 0 aromatic carbocycles. The van der Waals surface area contributed by atoms with Gasteiger partial charge < -0.3 is 5.32 Å². The van der Waals surface area contributed by atoms with E-state index < -0.39 is 0 Å². The number of anilines is 2. The van der Waals surface area contributed by atoms with Gasteiger partial charge in [0.1, 0.15) is 28.7 Å². The lowest BCUT2D eigenvalue weighted by molar-refractivity contribution is 0.704. The summed E-state index contributed by atoms with van der Waals surface area (Å²) in [6, 6.07) is 18.0. The number of aromatic nitrogens is 5. The van der Waals surface area contributed by atoms with Gasteiger partial charge in [-0.3, -0.25) is 14.5 Å². The summed E-state index contributed by atoms with van der Waals surface area (Å²) in [6.45, 7) is 0. The Morgan fingerprint density at radius 2 is 1.59 bits per heavy atom. The first-order valence-corrected chi connectivity index (χ1v) is 10.5. The minimum atomic E-state index is -0.0432. The normalized spacial score (nSPS) is 16.7. The minimum Gasteiger partial charge on any atom is -0.377 e.